The summed E-state index contributed by atoms with van der Waals surface area (Å²) in [5, 5.41) is -0.217. The topological polar surface area (TPSA) is 83.6 Å². The number of carbonyl (C=O) groups excluding carboxylic acids is 1. The summed E-state index contributed by atoms with van der Waals surface area (Å²) in [7, 11) is 1.93. The summed E-state index contributed by atoms with van der Waals surface area (Å²) < 4.78 is 30.0. The first-order valence-corrected chi connectivity index (χ1v) is 22.9. The highest BCUT2D eigenvalue weighted by Gasteiger charge is 2.49. The molecule has 1 N–H and O–H groups in total. The van der Waals surface area contributed by atoms with E-state index in [0.29, 0.717) is 36.1 Å². The molecule has 10 heteroatoms. The lowest BCUT2D eigenvalue weighted by atomic mass is 9.63. The minimum atomic E-state index is -1.54. The molecule has 0 spiro atoms. The average Bonchev–Trinajstić information content (AvgIpc) is 3.47. The van der Waals surface area contributed by atoms with Crippen molar-refractivity contribution in [3.05, 3.63) is 71.4 Å². The van der Waals surface area contributed by atoms with Gasteiger partial charge in [0.05, 0.1) is 23.7 Å². The molecule has 2 saturated heterocycles. The number of ether oxygens (including phenoxy) is 2. The maximum absolute atomic E-state index is 13.7. The van der Waals surface area contributed by atoms with Crippen molar-refractivity contribution in [2.45, 2.75) is 96.6 Å². The second kappa shape index (κ2) is 18.1. The molecule has 308 valence electrons. The summed E-state index contributed by atoms with van der Waals surface area (Å²) in [6.07, 6.45) is 19.3. The number of benzene rings is 1. The summed E-state index contributed by atoms with van der Waals surface area (Å²) >= 11 is -1.54. The number of hydrogen-bond donors (Lipinski definition) is 1. The van der Waals surface area contributed by atoms with Gasteiger partial charge in [0.25, 0.3) is 5.91 Å². The van der Waals surface area contributed by atoms with Gasteiger partial charge in [-0.15, -0.1) is 0 Å². The van der Waals surface area contributed by atoms with Crippen molar-refractivity contribution < 1.29 is 18.8 Å². The van der Waals surface area contributed by atoms with Crippen LogP contribution in [-0.2, 0) is 16.1 Å². The zero-order valence-corrected chi connectivity index (χ0v) is 36.1. The number of methoxy groups -OCH3 is 1. The lowest BCUT2D eigenvalue weighted by Gasteiger charge is -2.53. The van der Waals surface area contributed by atoms with Crippen LogP contribution >= 0.6 is 0 Å². The average molecular weight is 788 g/mol. The van der Waals surface area contributed by atoms with E-state index in [1.807, 2.05) is 32.2 Å². The molecule has 0 radical (unpaired) electrons. The summed E-state index contributed by atoms with van der Waals surface area (Å²) in [6.45, 7) is 23.0. The van der Waals surface area contributed by atoms with E-state index in [9.17, 15) is 9.35 Å². The van der Waals surface area contributed by atoms with Gasteiger partial charge in [0.1, 0.15) is 16.6 Å². The normalized spacial score (nSPS) is 35.5. The minimum absolute atomic E-state index is 0.108. The molecular weight excluding hydrogens is 719 g/mol. The van der Waals surface area contributed by atoms with Gasteiger partial charge in [-0.1, -0.05) is 67.9 Å². The number of piperazine rings is 2. The van der Waals surface area contributed by atoms with E-state index < -0.39 is 17.0 Å². The molecule has 1 aromatic rings. The number of nitrogens with zero attached hydrogens (tertiary/aromatic N) is 4. The van der Waals surface area contributed by atoms with Gasteiger partial charge in [-0.3, -0.25) is 19.5 Å². The van der Waals surface area contributed by atoms with Gasteiger partial charge in [-0.25, -0.2) is 0 Å². The predicted octanol–water partition coefficient (Wildman–Crippen LogP) is 6.86. The molecule has 9 atom stereocenters. The monoisotopic (exact) mass is 788 g/mol. The number of nitrogens with one attached hydrogen (secondary N) is 1. The third kappa shape index (κ3) is 9.16. The van der Waals surface area contributed by atoms with E-state index in [-0.39, 0.29) is 28.9 Å². The van der Waals surface area contributed by atoms with Crippen LogP contribution in [0.5, 0.6) is 5.75 Å². The van der Waals surface area contributed by atoms with Crippen LogP contribution in [0.15, 0.2) is 65.8 Å². The molecule has 56 heavy (non-hydrogen) atoms. The van der Waals surface area contributed by atoms with Crippen molar-refractivity contribution in [1.29, 1.82) is 0 Å². The van der Waals surface area contributed by atoms with Gasteiger partial charge in [-0.05, 0) is 83.4 Å². The maximum Gasteiger partial charge on any atom is 0.292 e. The first-order valence-electron chi connectivity index (χ1n) is 21.7. The van der Waals surface area contributed by atoms with Gasteiger partial charge >= 0.3 is 0 Å². The first-order chi connectivity index (χ1) is 27.0. The van der Waals surface area contributed by atoms with E-state index in [0.717, 1.165) is 102 Å². The zero-order chi connectivity index (χ0) is 39.6. The lowest BCUT2D eigenvalue weighted by Crippen LogP contribution is -2.65. The Kier molecular flexibility index (Phi) is 13.4. The molecule has 1 saturated carbocycles. The third-order valence-corrected chi connectivity index (χ3v) is 15.6. The molecule has 0 aromatic heterocycles. The van der Waals surface area contributed by atoms with Crippen molar-refractivity contribution in [2.24, 2.45) is 29.6 Å². The second-order valence-electron chi connectivity index (χ2n) is 18.1. The minimum Gasteiger partial charge on any atom is -0.593 e. The number of fused-ring (bicyclic) bond motifs is 3. The Morgan fingerprint density at radius 1 is 1.07 bits per heavy atom. The molecular formula is C46H69N5O4S. The first kappa shape index (κ1) is 41.6. The Labute approximate surface area is 340 Å². The molecule has 5 unspecified atom stereocenters. The summed E-state index contributed by atoms with van der Waals surface area (Å²) in [6, 6.07) is 6.87. The Morgan fingerprint density at radius 3 is 2.62 bits per heavy atom. The van der Waals surface area contributed by atoms with Crippen LogP contribution in [0, 0.1) is 29.6 Å². The van der Waals surface area contributed by atoms with Crippen LogP contribution in [0.4, 0.5) is 5.69 Å². The predicted molar refractivity (Wildman–Crippen MR) is 229 cm³/mol. The molecule has 7 rings (SSSR count). The number of amides is 1. The fourth-order valence-electron chi connectivity index (χ4n) is 10.2. The van der Waals surface area contributed by atoms with Crippen LogP contribution in [0.25, 0.3) is 0 Å². The molecule has 1 aromatic carbocycles. The standard InChI is InChI=1S/C46H69N5O4S/c1-8-10-36-23-33(4)12-13-37(24-36)40-27-51-26-39-14-16-42(39)46(54-7,31-48-19-20-49-21-22-50(32(2)3)29-41(49)28-48)18-9-11-34(5)35(6)56(53)47-45(52)38-15-17-44(55-30-40)43(51)25-38/h9,12-13,15,17-18,23-25,32,34-35,37,39-42H,8,10-11,14,16,19-22,26-31H2,1-7H3,(H,47,52)/b18-9+/t34-,35+,37?,39?,40?,41?,42+,46+,56?/m0/s1. The van der Waals surface area contributed by atoms with Crippen molar-refractivity contribution >= 4 is 23.0 Å². The van der Waals surface area contributed by atoms with Gasteiger partial charge in [0.15, 0.2) is 0 Å². The molecule has 1 amide bonds. The van der Waals surface area contributed by atoms with Gasteiger partial charge in [-0.2, -0.15) is 4.72 Å². The summed E-state index contributed by atoms with van der Waals surface area (Å²) in [5.41, 5.74) is 3.71. The molecule has 4 heterocycles. The maximum atomic E-state index is 13.7. The van der Waals surface area contributed by atoms with Gasteiger partial charge in [0.2, 0.25) is 0 Å². The molecule has 6 aliphatic rings. The fourth-order valence-corrected chi connectivity index (χ4v) is 11.2. The van der Waals surface area contributed by atoms with Gasteiger partial charge < -0.3 is 18.9 Å². The summed E-state index contributed by atoms with van der Waals surface area (Å²) in [4.78, 5) is 24.2. The third-order valence-electron chi connectivity index (χ3n) is 14.1. The Balaban J connectivity index is 1.22. The van der Waals surface area contributed by atoms with E-state index in [1.54, 1.807) is 0 Å². The highest BCUT2D eigenvalue weighted by atomic mass is 32.2. The van der Waals surface area contributed by atoms with Crippen molar-refractivity contribution in [3.63, 3.8) is 0 Å². The zero-order valence-electron chi connectivity index (χ0n) is 35.3. The van der Waals surface area contributed by atoms with Crippen LogP contribution in [0.2, 0.25) is 0 Å². The van der Waals surface area contributed by atoms with Crippen molar-refractivity contribution in [3.8, 4) is 5.75 Å². The number of anilines is 1. The number of hydrogen-bond acceptors (Lipinski definition) is 8. The molecule has 4 aliphatic heterocycles. The lowest BCUT2D eigenvalue weighted by molar-refractivity contribution is -0.102. The Bertz CT molecular complexity index is 1660. The molecule has 3 fully saturated rings. The molecule has 9 nitrogen and oxygen atoms in total. The molecule has 2 aliphatic carbocycles. The highest BCUT2D eigenvalue weighted by Crippen LogP contribution is 2.47. The number of carbonyl (C=O) groups is 1. The van der Waals surface area contributed by atoms with Gasteiger partial charge in [0, 0.05) is 101 Å². The SMILES string of the molecule is CCCC1=CC(C2COc3ccc4cc3N(C2)CC2CC[C@H]2[C@@](CN2CCN3CCN(C(C)C)CC3C2)(OC)/C=C/C[C@H](C)[C@@H](C)[S+]([O-])NC4=O)C=CC(C)=C1. The van der Waals surface area contributed by atoms with E-state index in [2.05, 4.69) is 95.4 Å². The largest absolute Gasteiger partial charge is 0.593 e. The Morgan fingerprint density at radius 2 is 1.88 bits per heavy atom. The Hall–Kier alpha value is -2.60. The van der Waals surface area contributed by atoms with E-state index >= 15 is 0 Å². The van der Waals surface area contributed by atoms with Crippen LogP contribution < -0.4 is 14.4 Å². The molecule has 2 bridgehead atoms. The van der Waals surface area contributed by atoms with Crippen LogP contribution in [0.1, 0.15) is 84.0 Å². The summed E-state index contributed by atoms with van der Waals surface area (Å²) in [5.74, 6) is 1.83. The van der Waals surface area contributed by atoms with Crippen molar-refractivity contribution in [1.82, 2.24) is 19.4 Å². The highest BCUT2D eigenvalue weighted by molar-refractivity contribution is 7.90. The second-order valence-corrected chi connectivity index (χ2v) is 19.7. The smallest absolute Gasteiger partial charge is 0.292 e. The fraction of sp³-hybridized carbons (Fsp3) is 0.674. The van der Waals surface area contributed by atoms with Crippen LogP contribution in [0.3, 0.4) is 0 Å². The number of rotatable bonds is 7. The van der Waals surface area contributed by atoms with E-state index in [1.165, 1.54) is 11.1 Å². The van der Waals surface area contributed by atoms with Crippen molar-refractivity contribution in [2.75, 3.05) is 77.5 Å². The number of allylic oxidation sites excluding steroid dienone is 7. The van der Waals surface area contributed by atoms with E-state index in [4.69, 9.17) is 9.47 Å². The quantitative estimate of drug-likeness (QED) is 0.237. The van der Waals surface area contributed by atoms with Crippen LogP contribution in [-0.4, -0.2) is 121 Å².